The summed E-state index contributed by atoms with van der Waals surface area (Å²) in [6, 6.07) is 16.5. The Kier molecular flexibility index (Phi) is 6.46. The zero-order chi connectivity index (χ0) is 24.6. The lowest BCUT2D eigenvalue weighted by molar-refractivity contribution is 0.0730. The molecule has 0 N–H and O–H groups in total. The van der Waals surface area contributed by atoms with E-state index in [0.29, 0.717) is 29.5 Å². The molecule has 1 saturated heterocycles. The van der Waals surface area contributed by atoms with Crippen LogP contribution in [0.5, 0.6) is 11.5 Å². The van der Waals surface area contributed by atoms with E-state index in [1.165, 1.54) is 10.4 Å². The van der Waals surface area contributed by atoms with Crippen molar-refractivity contribution in [1.82, 2.24) is 9.29 Å². The van der Waals surface area contributed by atoms with Crippen molar-refractivity contribution in [1.29, 1.82) is 0 Å². The fourth-order valence-electron chi connectivity index (χ4n) is 4.20. The molecule has 0 amide bonds. The molecule has 4 aromatic rings. The fourth-order valence-corrected chi connectivity index (χ4v) is 5.88. The Morgan fingerprint density at radius 1 is 1.03 bits per heavy atom. The summed E-state index contributed by atoms with van der Waals surface area (Å²) in [5.41, 5.74) is 3.48. The van der Waals surface area contributed by atoms with Crippen LogP contribution in [0.15, 0.2) is 71.8 Å². The molecule has 2 heterocycles. The van der Waals surface area contributed by atoms with E-state index in [2.05, 4.69) is 4.98 Å². The number of pyridine rings is 1. The van der Waals surface area contributed by atoms with Crippen molar-refractivity contribution in [3.8, 4) is 22.6 Å². The fraction of sp³-hybridized carbons (Fsp3) is 0.192. The molecule has 180 valence electrons. The summed E-state index contributed by atoms with van der Waals surface area (Å²) in [6.07, 6.45) is 1.77. The van der Waals surface area contributed by atoms with Crippen LogP contribution >= 0.6 is 11.6 Å². The zero-order valence-electron chi connectivity index (χ0n) is 18.9. The maximum absolute atomic E-state index is 14.4. The summed E-state index contributed by atoms with van der Waals surface area (Å²) in [4.78, 5) is 4.31. The molecule has 1 aliphatic rings. The minimum Gasteiger partial charge on any atom is -0.457 e. The summed E-state index contributed by atoms with van der Waals surface area (Å²) < 4.78 is 52.9. The highest BCUT2D eigenvalue weighted by atomic mass is 35.5. The highest BCUT2D eigenvalue weighted by molar-refractivity contribution is 7.89. The minimum absolute atomic E-state index is 0.0911. The van der Waals surface area contributed by atoms with E-state index < -0.39 is 15.8 Å². The number of sulfonamides is 1. The largest absolute Gasteiger partial charge is 0.457 e. The van der Waals surface area contributed by atoms with Crippen LogP contribution in [0.25, 0.3) is 22.0 Å². The van der Waals surface area contributed by atoms with Crippen LogP contribution in [-0.2, 0) is 14.8 Å². The molecule has 6 nitrogen and oxygen atoms in total. The maximum atomic E-state index is 14.4. The zero-order valence-corrected chi connectivity index (χ0v) is 20.4. The van der Waals surface area contributed by atoms with E-state index >= 15 is 0 Å². The van der Waals surface area contributed by atoms with Gasteiger partial charge in [0.05, 0.1) is 28.6 Å². The second kappa shape index (κ2) is 9.54. The average Bonchev–Trinajstić information content (AvgIpc) is 2.84. The van der Waals surface area contributed by atoms with Crippen LogP contribution in [0.1, 0.15) is 5.56 Å². The van der Waals surface area contributed by atoms with Crippen molar-refractivity contribution in [3.63, 3.8) is 0 Å². The lowest BCUT2D eigenvalue weighted by Crippen LogP contribution is -2.40. The van der Waals surface area contributed by atoms with Gasteiger partial charge < -0.3 is 9.47 Å². The third-order valence-electron chi connectivity index (χ3n) is 5.85. The van der Waals surface area contributed by atoms with Crippen molar-refractivity contribution in [2.24, 2.45) is 0 Å². The Labute approximate surface area is 207 Å². The number of para-hydroxylation sites is 1. The minimum atomic E-state index is -3.87. The first kappa shape index (κ1) is 23.7. The molecular formula is C26H22ClFN2O4S. The first-order valence-electron chi connectivity index (χ1n) is 11.0. The molecule has 0 bridgehead atoms. The number of ether oxygens (including phenoxy) is 2. The lowest BCUT2D eigenvalue weighted by Gasteiger charge is -2.26. The van der Waals surface area contributed by atoms with Crippen molar-refractivity contribution in [3.05, 3.63) is 83.3 Å². The molecule has 5 rings (SSSR count). The molecule has 0 spiro atoms. The third kappa shape index (κ3) is 4.75. The van der Waals surface area contributed by atoms with Gasteiger partial charge in [-0.15, -0.1) is 0 Å². The number of hydrogen-bond donors (Lipinski definition) is 0. The SMILES string of the molecule is Cc1cnc2c(Cl)cccc2c1-c1cccc(Oc2cc(F)cc(S(=O)(=O)N3CCOCC3)c2)c1. The Hall–Kier alpha value is -3.04. The van der Waals surface area contributed by atoms with Crippen molar-refractivity contribution in [2.45, 2.75) is 11.8 Å². The smallest absolute Gasteiger partial charge is 0.243 e. The topological polar surface area (TPSA) is 68.7 Å². The molecule has 35 heavy (non-hydrogen) atoms. The second-order valence-corrected chi connectivity index (χ2v) is 10.6. The van der Waals surface area contributed by atoms with E-state index in [1.54, 1.807) is 18.3 Å². The Bertz CT molecular complexity index is 1520. The molecule has 1 aliphatic heterocycles. The highest BCUT2D eigenvalue weighted by Gasteiger charge is 2.27. The summed E-state index contributed by atoms with van der Waals surface area (Å²) in [5, 5.41) is 1.46. The number of aromatic nitrogens is 1. The van der Waals surface area contributed by atoms with Gasteiger partial charge in [0.25, 0.3) is 0 Å². The average molecular weight is 513 g/mol. The van der Waals surface area contributed by atoms with E-state index in [0.717, 1.165) is 34.2 Å². The van der Waals surface area contributed by atoms with Crippen molar-refractivity contribution < 1.29 is 22.3 Å². The predicted molar refractivity (Wildman–Crippen MR) is 133 cm³/mol. The molecule has 0 unspecified atom stereocenters. The number of morpholine rings is 1. The molecule has 9 heteroatoms. The van der Waals surface area contributed by atoms with Gasteiger partial charge in [0.2, 0.25) is 10.0 Å². The summed E-state index contributed by atoms with van der Waals surface area (Å²) in [7, 11) is -3.87. The van der Waals surface area contributed by atoms with E-state index in [4.69, 9.17) is 21.1 Å². The molecule has 0 radical (unpaired) electrons. The standard InChI is InChI=1S/C26H22ClFN2O4S/c1-17-16-29-26-23(6-3-7-24(26)27)25(17)18-4-2-5-20(12-18)34-21-13-19(28)14-22(15-21)35(31,32)30-8-10-33-11-9-30/h2-7,12-16H,8-11H2,1H3. The number of halogens is 2. The van der Waals surface area contributed by atoms with Gasteiger partial charge in [-0.2, -0.15) is 4.31 Å². The number of rotatable bonds is 5. The monoisotopic (exact) mass is 512 g/mol. The molecule has 0 atom stereocenters. The van der Waals surface area contributed by atoms with Crippen molar-refractivity contribution >= 4 is 32.5 Å². The highest BCUT2D eigenvalue weighted by Crippen LogP contribution is 2.36. The summed E-state index contributed by atoms with van der Waals surface area (Å²) in [6.45, 7) is 3.02. The summed E-state index contributed by atoms with van der Waals surface area (Å²) >= 11 is 6.35. The van der Waals surface area contributed by atoms with Gasteiger partial charge in [0.15, 0.2) is 0 Å². The normalized spacial score (nSPS) is 14.8. The van der Waals surface area contributed by atoms with Crippen LogP contribution in [0.3, 0.4) is 0 Å². The second-order valence-electron chi connectivity index (χ2n) is 8.22. The molecule has 0 saturated carbocycles. The van der Waals surface area contributed by atoms with Gasteiger partial charge in [0, 0.05) is 36.8 Å². The molecular weight excluding hydrogens is 491 g/mol. The molecule has 0 aliphatic carbocycles. The van der Waals surface area contributed by atoms with Crippen LogP contribution in [0.4, 0.5) is 4.39 Å². The van der Waals surface area contributed by atoms with Gasteiger partial charge in [0.1, 0.15) is 17.3 Å². The number of aryl methyl sites for hydroxylation is 1. The quantitative estimate of drug-likeness (QED) is 0.337. The van der Waals surface area contributed by atoms with Crippen LogP contribution in [0.2, 0.25) is 5.02 Å². The first-order valence-corrected chi connectivity index (χ1v) is 12.9. The number of hydrogen-bond acceptors (Lipinski definition) is 5. The van der Waals surface area contributed by atoms with Gasteiger partial charge in [-0.25, -0.2) is 12.8 Å². The van der Waals surface area contributed by atoms with E-state index in [9.17, 15) is 12.8 Å². The number of benzene rings is 3. The predicted octanol–water partition coefficient (Wildman–Crippen LogP) is 5.82. The Morgan fingerprint density at radius 2 is 1.80 bits per heavy atom. The Balaban J connectivity index is 1.50. The molecule has 1 aromatic heterocycles. The van der Waals surface area contributed by atoms with Crippen LogP contribution in [0, 0.1) is 12.7 Å². The van der Waals surface area contributed by atoms with E-state index in [1.807, 2.05) is 37.3 Å². The summed E-state index contributed by atoms with van der Waals surface area (Å²) in [5.74, 6) is -0.168. The Morgan fingerprint density at radius 3 is 2.60 bits per heavy atom. The maximum Gasteiger partial charge on any atom is 0.243 e. The van der Waals surface area contributed by atoms with Gasteiger partial charge in [-0.1, -0.05) is 35.9 Å². The van der Waals surface area contributed by atoms with Crippen LogP contribution < -0.4 is 4.74 Å². The van der Waals surface area contributed by atoms with Crippen molar-refractivity contribution in [2.75, 3.05) is 26.3 Å². The van der Waals surface area contributed by atoms with E-state index in [-0.39, 0.29) is 23.7 Å². The number of fused-ring (bicyclic) bond motifs is 1. The first-order chi connectivity index (χ1) is 16.8. The van der Waals surface area contributed by atoms with Gasteiger partial charge >= 0.3 is 0 Å². The lowest BCUT2D eigenvalue weighted by atomic mass is 9.97. The molecule has 3 aromatic carbocycles. The van der Waals surface area contributed by atoms with Gasteiger partial charge in [-0.3, -0.25) is 4.98 Å². The molecule has 1 fully saturated rings. The third-order valence-corrected chi connectivity index (χ3v) is 8.03. The number of nitrogens with zero attached hydrogens (tertiary/aromatic N) is 2. The van der Waals surface area contributed by atoms with Gasteiger partial charge in [-0.05, 0) is 47.9 Å². The van der Waals surface area contributed by atoms with Crippen LogP contribution in [-0.4, -0.2) is 44.0 Å².